The second-order valence-corrected chi connectivity index (χ2v) is 9.41. The van der Waals surface area contributed by atoms with Gasteiger partial charge in [0.05, 0.1) is 19.5 Å². The van der Waals surface area contributed by atoms with Crippen molar-refractivity contribution in [2.45, 2.75) is 57.8 Å². The number of hydrogen-bond donors (Lipinski definition) is 4. The number of Topliss-reactive ketones (excluding diaryl/α,β-unsaturated/α-hetero) is 2. The predicted octanol–water partition coefficient (Wildman–Crippen LogP) is 1.82. The highest BCUT2D eigenvalue weighted by Crippen LogP contribution is 2.06. The molecule has 230 valence electrons. The summed E-state index contributed by atoms with van der Waals surface area (Å²) >= 11 is 0. The smallest absolute Gasteiger partial charge is 0.408 e. The standard InChI is InChI=1S/C30H35N3O10/c34-23(11-14-26(36)31-17-24(35)12-15-27(37)38)18-32-29(40)25(33-30(41)43-20-22-9-5-2-6-10-22)13-16-28(39)42-19-21-7-3-1-4-8-21/h1-10,25H,11-20H2,(H,31,36)(H,32,40)(H,33,41)(H,37,38)/t25-/m0/s1. The monoisotopic (exact) mass is 597 g/mol. The highest BCUT2D eigenvalue weighted by atomic mass is 16.5. The van der Waals surface area contributed by atoms with Crippen molar-refractivity contribution in [1.82, 2.24) is 16.0 Å². The molecule has 2 rings (SSSR count). The van der Waals surface area contributed by atoms with E-state index in [0.29, 0.717) is 0 Å². The Morgan fingerprint density at radius 1 is 0.651 bits per heavy atom. The predicted molar refractivity (Wildman–Crippen MR) is 151 cm³/mol. The second kappa shape index (κ2) is 19.1. The number of amides is 3. The number of nitrogens with one attached hydrogen (secondary N) is 3. The molecule has 0 spiro atoms. The van der Waals surface area contributed by atoms with Crippen molar-refractivity contribution in [2.24, 2.45) is 0 Å². The molecule has 13 nitrogen and oxygen atoms in total. The molecule has 0 saturated heterocycles. The molecule has 0 aliphatic heterocycles. The Labute approximate surface area is 248 Å². The maximum atomic E-state index is 12.8. The fraction of sp³-hybridized carbons (Fsp3) is 0.367. The van der Waals surface area contributed by atoms with Crippen LogP contribution in [-0.4, -0.2) is 65.7 Å². The highest BCUT2D eigenvalue weighted by Gasteiger charge is 2.24. The fourth-order valence-electron chi connectivity index (χ4n) is 3.52. The molecule has 0 aliphatic carbocycles. The van der Waals surface area contributed by atoms with Gasteiger partial charge in [0, 0.05) is 25.7 Å². The van der Waals surface area contributed by atoms with Gasteiger partial charge in [-0.15, -0.1) is 0 Å². The van der Waals surface area contributed by atoms with Crippen LogP contribution in [0.15, 0.2) is 60.7 Å². The van der Waals surface area contributed by atoms with Crippen LogP contribution in [0.3, 0.4) is 0 Å². The first-order chi connectivity index (χ1) is 20.6. The zero-order valence-electron chi connectivity index (χ0n) is 23.5. The number of hydrogen-bond acceptors (Lipinski definition) is 9. The first-order valence-corrected chi connectivity index (χ1v) is 13.6. The summed E-state index contributed by atoms with van der Waals surface area (Å²) in [5.74, 6) is -4.00. The van der Waals surface area contributed by atoms with Crippen LogP contribution in [-0.2, 0) is 51.5 Å². The molecule has 0 radical (unpaired) electrons. The summed E-state index contributed by atoms with van der Waals surface area (Å²) in [6.07, 6.45) is -2.29. The summed E-state index contributed by atoms with van der Waals surface area (Å²) in [5.41, 5.74) is 1.51. The normalized spacial score (nSPS) is 11.0. The van der Waals surface area contributed by atoms with Crippen molar-refractivity contribution in [2.75, 3.05) is 13.1 Å². The lowest BCUT2D eigenvalue weighted by Gasteiger charge is -2.18. The third kappa shape index (κ3) is 15.5. The molecular weight excluding hydrogens is 562 g/mol. The highest BCUT2D eigenvalue weighted by molar-refractivity contribution is 5.92. The molecule has 0 aliphatic rings. The molecule has 0 saturated carbocycles. The van der Waals surface area contributed by atoms with Crippen molar-refractivity contribution in [1.29, 1.82) is 0 Å². The van der Waals surface area contributed by atoms with Gasteiger partial charge in [0.25, 0.3) is 0 Å². The fourth-order valence-corrected chi connectivity index (χ4v) is 3.52. The van der Waals surface area contributed by atoms with Gasteiger partial charge in [0.2, 0.25) is 11.8 Å². The van der Waals surface area contributed by atoms with E-state index in [1.807, 2.05) is 6.07 Å². The zero-order valence-corrected chi connectivity index (χ0v) is 23.5. The molecule has 0 unspecified atom stereocenters. The topological polar surface area (TPSA) is 194 Å². The van der Waals surface area contributed by atoms with E-state index < -0.39 is 54.0 Å². The Hall–Kier alpha value is -5.07. The van der Waals surface area contributed by atoms with Crippen molar-refractivity contribution >= 4 is 41.4 Å². The van der Waals surface area contributed by atoms with E-state index in [-0.39, 0.29) is 58.3 Å². The maximum Gasteiger partial charge on any atom is 0.408 e. The molecule has 3 amide bonds. The summed E-state index contributed by atoms with van der Waals surface area (Å²) in [6.45, 7) is -0.800. The number of carbonyl (C=O) groups is 7. The zero-order chi connectivity index (χ0) is 31.5. The summed E-state index contributed by atoms with van der Waals surface area (Å²) in [7, 11) is 0. The second-order valence-electron chi connectivity index (χ2n) is 9.41. The van der Waals surface area contributed by atoms with Crippen LogP contribution in [0.2, 0.25) is 0 Å². The Balaban J connectivity index is 1.82. The van der Waals surface area contributed by atoms with Crippen molar-refractivity contribution in [3.05, 3.63) is 71.8 Å². The quantitative estimate of drug-likeness (QED) is 0.174. The third-order valence-corrected chi connectivity index (χ3v) is 5.89. The molecule has 2 aromatic rings. The Morgan fingerprint density at radius 2 is 1.19 bits per heavy atom. The number of aliphatic carboxylic acids is 1. The molecule has 0 fully saturated rings. The minimum absolute atomic E-state index is 0.0433. The van der Waals surface area contributed by atoms with E-state index in [1.165, 1.54) is 0 Å². The van der Waals surface area contributed by atoms with Crippen LogP contribution in [0.5, 0.6) is 0 Å². The van der Waals surface area contributed by atoms with Gasteiger partial charge < -0.3 is 30.5 Å². The van der Waals surface area contributed by atoms with E-state index in [1.54, 1.807) is 54.6 Å². The van der Waals surface area contributed by atoms with E-state index in [9.17, 15) is 33.6 Å². The maximum absolute atomic E-state index is 12.8. The lowest BCUT2D eigenvalue weighted by atomic mass is 10.1. The Kier molecular flexibility index (Phi) is 15.2. The van der Waals surface area contributed by atoms with E-state index in [4.69, 9.17) is 14.6 Å². The van der Waals surface area contributed by atoms with Gasteiger partial charge in [-0.05, 0) is 17.5 Å². The molecule has 0 heterocycles. The lowest BCUT2D eigenvalue weighted by molar-refractivity contribution is -0.145. The molecule has 2 aromatic carbocycles. The molecule has 13 heteroatoms. The van der Waals surface area contributed by atoms with Crippen LogP contribution >= 0.6 is 0 Å². The molecule has 43 heavy (non-hydrogen) atoms. The minimum atomic E-state index is -1.22. The number of esters is 1. The van der Waals surface area contributed by atoms with Crippen LogP contribution in [0.1, 0.15) is 49.7 Å². The van der Waals surface area contributed by atoms with E-state index in [0.717, 1.165) is 11.1 Å². The van der Waals surface area contributed by atoms with Crippen LogP contribution in [0, 0.1) is 0 Å². The number of carboxylic acid groups (broad SMARTS) is 1. The van der Waals surface area contributed by atoms with Gasteiger partial charge in [-0.1, -0.05) is 60.7 Å². The van der Waals surface area contributed by atoms with Gasteiger partial charge >= 0.3 is 18.0 Å². The number of rotatable bonds is 19. The number of ketones is 2. The van der Waals surface area contributed by atoms with Crippen molar-refractivity contribution < 1.29 is 48.1 Å². The Morgan fingerprint density at radius 3 is 1.77 bits per heavy atom. The number of carboxylic acids is 1. The van der Waals surface area contributed by atoms with Gasteiger partial charge in [-0.25, -0.2) is 4.79 Å². The van der Waals surface area contributed by atoms with Crippen molar-refractivity contribution in [3.8, 4) is 0 Å². The molecule has 1 atom stereocenters. The Bertz CT molecular complexity index is 1250. The van der Waals surface area contributed by atoms with Gasteiger partial charge in [0.1, 0.15) is 19.3 Å². The first-order valence-electron chi connectivity index (χ1n) is 13.6. The molecule has 0 aromatic heterocycles. The van der Waals surface area contributed by atoms with E-state index in [2.05, 4.69) is 16.0 Å². The average Bonchev–Trinajstić information content (AvgIpc) is 3.01. The number of benzene rings is 2. The third-order valence-electron chi connectivity index (χ3n) is 5.89. The SMILES string of the molecule is O=C(O)CCC(=O)CNC(=O)CCC(=O)CNC(=O)[C@H](CCC(=O)OCc1ccccc1)NC(=O)OCc1ccccc1. The molecular formula is C30H35N3O10. The lowest BCUT2D eigenvalue weighted by Crippen LogP contribution is -2.48. The summed E-state index contributed by atoms with van der Waals surface area (Å²) in [6, 6.07) is 16.6. The minimum Gasteiger partial charge on any atom is -0.481 e. The summed E-state index contributed by atoms with van der Waals surface area (Å²) in [4.78, 5) is 83.7. The number of carbonyl (C=O) groups excluding carboxylic acids is 6. The largest absolute Gasteiger partial charge is 0.481 e. The number of ether oxygens (including phenoxy) is 2. The van der Waals surface area contributed by atoms with Gasteiger partial charge in [-0.2, -0.15) is 0 Å². The van der Waals surface area contributed by atoms with Crippen molar-refractivity contribution in [3.63, 3.8) is 0 Å². The molecule has 0 bridgehead atoms. The summed E-state index contributed by atoms with van der Waals surface area (Å²) < 4.78 is 10.4. The van der Waals surface area contributed by atoms with Crippen LogP contribution in [0.25, 0.3) is 0 Å². The number of alkyl carbamates (subject to hydrolysis) is 1. The summed E-state index contributed by atoms with van der Waals surface area (Å²) in [5, 5.41) is 15.7. The average molecular weight is 598 g/mol. The van der Waals surface area contributed by atoms with Gasteiger partial charge in [0.15, 0.2) is 11.6 Å². The van der Waals surface area contributed by atoms with Crippen LogP contribution in [0.4, 0.5) is 4.79 Å². The molecule has 4 N–H and O–H groups in total. The van der Waals surface area contributed by atoms with E-state index >= 15 is 0 Å². The van der Waals surface area contributed by atoms with Crippen LogP contribution < -0.4 is 16.0 Å². The first kappa shape index (κ1) is 34.1. The van der Waals surface area contributed by atoms with Gasteiger partial charge in [-0.3, -0.25) is 28.8 Å².